The molecule has 2 rings (SSSR count). The van der Waals surface area contributed by atoms with Crippen molar-refractivity contribution in [1.82, 2.24) is 0 Å². The van der Waals surface area contributed by atoms with Crippen molar-refractivity contribution in [2.24, 2.45) is 0 Å². The number of hydrogen-bond acceptors (Lipinski definition) is 5. The van der Waals surface area contributed by atoms with E-state index >= 15 is 0 Å². The molecule has 21 heavy (non-hydrogen) atoms. The number of aromatic carboxylic acids is 1. The highest BCUT2D eigenvalue weighted by Gasteiger charge is 2.12. The summed E-state index contributed by atoms with van der Waals surface area (Å²) in [5.74, 6) is -1.06. The van der Waals surface area contributed by atoms with Crippen molar-refractivity contribution in [2.75, 3.05) is 12.0 Å². The van der Waals surface area contributed by atoms with Crippen LogP contribution in [-0.4, -0.2) is 25.7 Å². The fourth-order valence-corrected chi connectivity index (χ4v) is 3.23. The van der Waals surface area contributed by atoms with Crippen molar-refractivity contribution in [2.45, 2.75) is 14.7 Å². The van der Waals surface area contributed by atoms with Gasteiger partial charge in [-0.1, -0.05) is 11.8 Å². The minimum Gasteiger partial charge on any atom is -0.478 e. The Morgan fingerprint density at radius 1 is 1.14 bits per heavy atom. The van der Waals surface area contributed by atoms with Crippen LogP contribution in [0.5, 0.6) is 0 Å². The maximum absolute atomic E-state index is 11.4. The highest BCUT2D eigenvalue weighted by Crippen LogP contribution is 2.32. The predicted octanol–water partition coefficient (Wildman–Crippen LogP) is 2.52. The largest absolute Gasteiger partial charge is 0.478 e. The third kappa shape index (κ3) is 3.77. The summed E-state index contributed by atoms with van der Waals surface area (Å²) in [6.45, 7) is 0. The molecule has 0 saturated carbocycles. The first-order chi connectivity index (χ1) is 9.77. The highest BCUT2D eigenvalue weighted by molar-refractivity contribution is 7.99. The maximum atomic E-state index is 11.4. The van der Waals surface area contributed by atoms with Gasteiger partial charge in [-0.2, -0.15) is 0 Å². The van der Waals surface area contributed by atoms with Gasteiger partial charge >= 0.3 is 5.97 Å². The van der Waals surface area contributed by atoms with E-state index in [2.05, 4.69) is 0 Å². The van der Waals surface area contributed by atoms with E-state index in [0.29, 0.717) is 10.6 Å². The van der Waals surface area contributed by atoms with E-state index in [-0.39, 0.29) is 10.5 Å². The summed E-state index contributed by atoms with van der Waals surface area (Å²) >= 11 is 1.24. The molecule has 0 radical (unpaired) electrons. The second-order valence-corrected chi connectivity index (χ2v) is 7.54. The molecule has 110 valence electrons. The molecule has 0 aromatic heterocycles. The Morgan fingerprint density at radius 2 is 1.76 bits per heavy atom. The smallest absolute Gasteiger partial charge is 0.336 e. The third-order valence-corrected chi connectivity index (χ3v) is 4.93. The number of nitrogen functional groups attached to an aromatic ring is 1. The second kappa shape index (κ2) is 5.79. The lowest BCUT2D eigenvalue weighted by Crippen LogP contribution is -2.00. The van der Waals surface area contributed by atoms with Gasteiger partial charge in [0.1, 0.15) is 0 Å². The fraction of sp³-hybridized carbons (Fsp3) is 0.0714. The first kappa shape index (κ1) is 15.4. The molecule has 0 aliphatic carbocycles. The Morgan fingerprint density at radius 3 is 2.29 bits per heavy atom. The van der Waals surface area contributed by atoms with E-state index in [9.17, 15) is 18.3 Å². The predicted molar refractivity (Wildman–Crippen MR) is 81.5 cm³/mol. The lowest BCUT2D eigenvalue weighted by molar-refractivity contribution is 0.0693. The van der Waals surface area contributed by atoms with Crippen LogP contribution in [0.3, 0.4) is 0 Å². The number of nitrogens with two attached hydrogens (primary N) is 1. The van der Waals surface area contributed by atoms with Gasteiger partial charge in [-0.3, -0.25) is 0 Å². The van der Waals surface area contributed by atoms with Crippen molar-refractivity contribution in [3.05, 3.63) is 48.0 Å². The lowest BCUT2D eigenvalue weighted by atomic mass is 10.2. The Bertz CT molecular complexity index is 783. The average Bonchev–Trinajstić information content (AvgIpc) is 2.40. The number of anilines is 1. The van der Waals surface area contributed by atoms with Crippen LogP contribution >= 0.6 is 11.8 Å². The van der Waals surface area contributed by atoms with Gasteiger partial charge in [-0.05, 0) is 42.5 Å². The molecule has 7 heteroatoms. The third-order valence-electron chi connectivity index (χ3n) is 2.71. The molecule has 0 spiro atoms. The van der Waals surface area contributed by atoms with Gasteiger partial charge in [0, 0.05) is 21.7 Å². The summed E-state index contributed by atoms with van der Waals surface area (Å²) in [5, 5.41) is 9.17. The van der Waals surface area contributed by atoms with Crippen LogP contribution in [0.4, 0.5) is 5.69 Å². The fourth-order valence-electron chi connectivity index (χ4n) is 1.69. The number of benzene rings is 2. The van der Waals surface area contributed by atoms with Gasteiger partial charge in [0.15, 0.2) is 9.84 Å². The molecule has 0 amide bonds. The van der Waals surface area contributed by atoms with E-state index in [4.69, 9.17) is 5.73 Å². The molecule has 0 saturated heterocycles. The topological polar surface area (TPSA) is 97.5 Å². The zero-order valence-electron chi connectivity index (χ0n) is 11.1. The van der Waals surface area contributed by atoms with Gasteiger partial charge in [0.05, 0.1) is 10.5 Å². The average molecular weight is 323 g/mol. The number of carboxylic acid groups (broad SMARTS) is 1. The first-order valence-corrected chi connectivity index (χ1v) is 8.59. The van der Waals surface area contributed by atoms with Gasteiger partial charge in [0.2, 0.25) is 0 Å². The van der Waals surface area contributed by atoms with Crippen molar-refractivity contribution in [3.63, 3.8) is 0 Å². The Kier molecular flexibility index (Phi) is 4.24. The van der Waals surface area contributed by atoms with Crippen molar-refractivity contribution in [3.8, 4) is 0 Å². The number of rotatable bonds is 4. The summed E-state index contributed by atoms with van der Waals surface area (Å²) in [4.78, 5) is 12.7. The molecule has 5 nitrogen and oxygen atoms in total. The molecule has 0 bridgehead atoms. The molecule has 0 heterocycles. The summed E-state index contributed by atoms with van der Waals surface area (Å²) in [6, 6.07) is 10.9. The SMILES string of the molecule is CS(=O)(=O)c1ccc(Sc2ccc(N)cc2C(=O)O)cc1. The highest BCUT2D eigenvalue weighted by atomic mass is 32.2. The van der Waals surface area contributed by atoms with Gasteiger partial charge < -0.3 is 10.8 Å². The molecular formula is C14H13NO4S2. The van der Waals surface area contributed by atoms with Crippen LogP contribution in [0.25, 0.3) is 0 Å². The Hall–Kier alpha value is -1.99. The van der Waals surface area contributed by atoms with Crippen molar-refractivity contribution < 1.29 is 18.3 Å². The summed E-state index contributed by atoms with van der Waals surface area (Å²) in [7, 11) is -3.24. The molecular weight excluding hydrogens is 310 g/mol. The van der Waals surface area contributed by atoms with E-state index in [1.165, 1.54) is 30.0 Å². The minimum absolute atomic E-state index is 0.118. The van der Waals surface area contributed by atoms with E-state index in [1.54, 1.807) is 24.3 Å². The molecule has 3 N–H and O–H groups in total. The zero-order valence-corrected chi connectivity index (χ0v) is 12.7. The Balaban J connectivity index is 2.33. The normalized spacial score (nSPS) is 11.3. The molecule has 0 unspecified atom stereocenters. The summed E-state index contributed by atoms with van der Waals surface area (Å²) in [5.41, 5.74) is 6.08. The second-order valence-electron chi connectivity index (χ2n) is 4.41. The molecule has 2 aromatic rings. The number of hydrogen-bond donors (Lipinski definition) is 2. The molecule has 0 atom stereocenters. The van der Waals surface area contributed by atoms with Crippen LogP contribution in [0.1, 0.15) is 10.4 Å². The van der Waals surface area contributed by atoms with Crippen LogP contribution < -0.4 is 5.73 Å². The first-order valence-electron chi connectivity index (χ1n) is 5.88. The maximum Gasteiger partial charge on any atom is 0.336 e. The zero-order chi connectivity index (χ0) is 15.6. The van der Waals surface area contributed by atoms with E-state index in [0.717, 1.165) is 11.2 Å². The van der Waals surface area contributed by atoms with Crippen LogP contribution in [0, 0.1) is 0 Å². The number of carboxylic acids is 1. The van der Waals surface area contributed by atoms with Gasteiger partial charge in [0.25, 0.3) is 0 Å². The van der Waals surface area contributed by atoms with Crippen LogP contribution in [0.2, 0.25) is 0 Å². The molecule has 0 fully saturated rings. The number of sulfone groups is 1. The standard InChI is InChI=1S/C14H13NO4S2/c1-21(18,19)11-5-3-10(4-6-11)20-13-7-2-9(15)8-12(13)14(16)17/h2-8H,15H2,1H3,(H,16,17). The van der Waals surface area contributed by atoms with E-state index < -0.39 is 15.8 Å². The number of carbonyl (C=O) groups is 1. The molecule has 2 aromatic carbocycles. The summed E-state index contributed by atoms with van der Waals surface area (Å²) < 4.78 is 22.8. The van der Waals surface area contributed by atoms with Gasteiger partial charge in [-0.25, -0.2) is 13.2 Å². The van der Waals surface area contributed by atoms with Crippen LogP contribution in [-0.2, 0) is 9.84 Å². The van der Waals surface area contributed by atoms with Crippen LogP contribution in [0.15, 0.2) is 57.2 Å². The molecule has 0 aliphatic heterocycles. The summed E-state index contributed by atoms with van der Waals surface area (Å²) in [6.07, 6.45) is 1.14. The van der Waals surface area contributed by atoms with E-state index in [1.807, 2.05) is 0 Å². The van der Waals surface area contributed by atoms with Crippen molar-refractivity contribution in [1.29, 1.82) is 0 Å². The quantitative estimate of drug-likeness (QED) is 0.839. The Labute approximate surface area is 126 Å². The monoisotopic (exact) mass is 323 g/mol. The molecule has 0 aliphatic rings. The minimum atomic E-state index is -3.24. The lowest BCUT2D eigenvalue weighted by Gasteiger charge is -2.07. The van der Waals surface area contributed by atoms with Gasteiger partial charge in [-0.15, -0.1) is 0 Å². The van der Waals surface area contributed by atoms with Crippen molar-refractivity contribution >= 4 is 33.3 Å².